The number of hydrogen-bond acceptors (Lipinski definition) is 3. The minimum Gasteiger partial charge on any atom is -0.350 e. The van der Waals surface area contributed by atoms with Crippen LogP contribution in [-0.2, 0) is 0 Å². The minimum absolute atomic E-state index is 0.657. The molecule has 0 fully saturated rings. The highest BCUT2D eigenvalue weighted by molar-refractivity contribution is 5.71. The number of nitrogens with one attached hydrogen (secondary N) is 2. The van der Waals surface area contributed by atoms with Gasteiger partial charge in [0.05, 0.1) is 12.4 Å². The van der Waals surface area contributed by atoms with Crippen molar-refractivity contribution in [1.82, 2.24) is 15.3 Å². The van der Waals surface area contributed by atoms with Gasteiger partial charge in [-0.25, -0.2) is 15.8 Å². The highest BCUT2D eigenvalue weighted by Crippen LogP contribution is 1.74. The Morgan fingerprint density at radius 1 is 1.70 bits per heavy atom. The summed E-state index contributed by atoms with van der Waals surface area (Å²) in [5, 5.41) is 3.72. The predicted molar refractivity (Wildman–Crippen MR) is 34.3 cm³/mol. The fourth-order valence-corrected chi connectivity index (χ4v) is 0.447. The first kappa shape index (κ1) is 6.40. The lowest BCUT2D eigenvalue weighted by molar-refractivity contribution is 0.249. The van der Waals surface area contributed by atoms with Crippen LogP contribution in [0.4, 0.5) is 4.79 Å². The molecule has 0 atom stereocenters. The SMILES string of the molecule is NC(=O)NNn1cccn1. The molecule has 0 aromatic carbocycles. The molecule has 10 heavy (non-hydrogen) atoms. The molecule has 54 valence electrons. The molecule has 0 saturated carbocycles. The van der Waals surface area contributed by atoms with Gasteiger partial charge in [0.1, 0.15) is 0 Å². The van der Waals surface area contributed by atoms with Crippen LogP contribution in [0.1, 0.15) is 0 Å². The van der Waals surface area contributed by atoms with Crippen LogP contribution < -0.4 is 16.7 Å². The van der Waals surface area contributed by atoms with E-state index in [2.05, 4.69) is 16.1 Å². The number of amides is 2. The first-order chi connectivity index (χ1) is 4.79. The van der Waals surface area contributed by atoms with Gasteiger partial charge in [-0.1, -0.05) is 0 Å². The first-order valence-corrected chi connectivity index (χ1v) is 2.60. The fraction of sp³-hybridized carbons (Fsp3) is 0. The summed E-state index contributed by atoms with van der Waals surface area (Å²) in [6.45, 7) is 0. The second kappa shape index (κ2) is 2.72. The summed E-state index contributed by atoms with van der Waals surface area (Å²) < 4.78 is 0. The lowest BCUT2D eigenvalue weighted by Gasteiger charge is -2.03. The number of hydrogen-bond donors (Lipinski definition) is 3. The smallest absolute Gasteiger partial charge is 0.332 e. The second-order valence-corrected chi connectivity index (χ2v) is 1.55. The van der Waals surface area contributed by atoms with Crippen molar-refractivity contribution < 1.29 is 4.79 Å². The number of aromatic nitrogens is 2. The molecule has 0 aliphatic heterocycles. The Bertz CT molecular complexity index is 205. The molecule has 0 aliphatic carbocycles. The maximum Gasteiger partial charge on any atom is 0.332 e. The van der Waals surface area contributed by atoms with Crippen LogP contribution in [0.3, 0.4) is 0 Å². The van der Waals surface area contributed by atoms with Gasteiger partial charge < -0.3 is 5.73 Å². The third-order valence-electron chi connectivity index (χ3n) is 0.798. The molecule has 1 aromatic heterocycles. The minimum atomic E-state index is -0.657. The second-order valence-electron chi connectivity index (χ2n) is 1.55. The monoisotopic (exact) mass is 141 g/mol. The third-order valence-corrected chi connectivity index (χ3v) is 0.798. The summed E-state index contributed by atoms with van der Waals surface area (Å²) in [5.41, 5.74) is 9.30. The Kier molecular flexibility index (Phi) is 1.74. The molecule has 1 rings (SSSR count). The molecule has 0 bridgehead atoms. The summed E-state index contributed by atoms with van der Waals surface area (Å²) in [5.74, 6) is 0. The van der Waals surface area contributed by atoms with Gasteiger partial charge in [-0.05, 0) is 6.07 Å². The molecule has 0 aliphatic rings. The van der Waals surface area contributed by atoms with Gasteiger partial charge >= 0.3 is 6.03 Å². The Morgan fingerprint density at radius 2 is 2.50 bits per heavy atom. The Hall–Kier alpha value is -1.72. The summed E-state index contributed by atoms with van der Waals surface area (Å²) in [7, 11) is 0. The average Bonchev–Trinajstić information content (AvgIpc) is 2.34. The van der Waals surface area contributed by atoms with Crippen molar-refractivity contribution in [1.29, 1.82) is 0 Å². The molecular formula is C4H7N5O. The van der Waals surface area contributed by atoms with Crippen molar-refractivity contribution in [2.24, 2.45) is 5.73 Å². The first-order valence-electron chi connectivity index (χ1n) is 2.60. The van der Waals surface area contributed by atoms with E-state index >= 15 is 0 Å². The van der Waals surface area contributed by atoms with E-state index in [1.807, 2.05) is 0 Å². The fourth-order valence-electron chi connectivity index (χ4n) is 0.447. The van der Waals surface area contributed by atoms with Gasteiger partial charge in [0.2, 0.25) is 0 Å². The number of urea groups is 1. The van der Waals surface area contributed by atoms with Crippen LogP contribution >= 0.6 is 0 Å². The predicted octanol–water partition coefficient (Wildman–Crippen LogP) is -0.990. The van der Waals surface area contributed by atoms with E-state index in [1.54, 1.807) is 18.5 Å². The topological polar surface area (TPSA) is 85.0 Å². The number of carbonyl (C=O) groups is 1. The summed E-state index contributed by atoms with van der Waals surface area (Å²) in [6, 6.07) is 1.05. The van der Waals surface area contributed by atoms with Crippen LogP contribution in [0.5, 0.6) is 0 Å². The van der Waals surface area contributed by atoms with E-state index in [4.69, 9.17) is 5.73 Å². The van der Waals surface area contributed by atoms with E-state index in [1.165, 1.54) is 4.79 Å². The van der Waals surface area contributed by atoms with Crippen LogP contribution in [0.25, 0.3) is 0 Å². The number of nitrogens with two attached hydrogens (primary N) is 1. The molecule has 4 N–H and O–H groups in total. The Morgan fingerprint density at radius 3 is 3.00 bits per heavy atom. The van der Waals surface area contributed by atoms with Gasteiger partial charge in [-0.2, -0.15) is 9.89 Å². The highest BCUT2D eigenvalue weighted by Gasteiger charge is 1.87. The number of nitrogens with zero attached hydrogens (tertiary/aromatic N) is 2. The zero-order chi connectivity index (χ0) is 7.40. The molecule has 0 saturated heterocycles. The normalized spacial score (nSPS) is 8.80. The van der Waals surface area contributed by atoms with Crippen molar-refractivity contribution in [3.63, 3.8) is 0 Å². The largest absolute Gasteiger partial charge is 0.350 e. The zero-order valence-corrected chi connectivity index (χ0v) is 5.11. The quantitative estimate of drug-likeness (QED) is 0.462. The molecule has 1 heterocycles. The third kappa shape index (κ3) is 1.66. The van der Waals surface area contributed by atoms with E-state index in [9.17, 15) is 4.79 Å². The molecule has 0 radical (unpaired) electrons. The highest BCUT2D eigenvalue weighted by atomic mass is 16.2. The number of carbonyl (C=O) groups excluding carboxylic acids is 1. The average molecular weight is 141 g/mol. The van der Waals surface area contributed by atoms with E-state index < -0.39 is 6.03 Å². The zero-order valence-electron chi connectivity index (χ0n) is 5.11. The standard InChI is InChI=1S/C4H7N5O/c5-4(10)7-8-9-3-1-2-6-9/h1-3,8H,(H3,5,7,10). The van der Waals surface area contributed by atoms with Crippen molar-refractivity contribution in [3.05, 3.63) is 18.5 Å². The number of primary amides is 1. The van der Waals surface area contributed by atoms with Crippen molar-refractivity contribution in [2.75, 3.05) is 5.53 Å². The van der Waals surface area contributed by atoms with E-state index in [-0.39, 0.29) is 0 Å². The molecule has 0 spiro atoms. The maximum atomic E-state index is 10.1. The van der Waals surface area contributed by atoms with Crippen molar-refractivity contribution in [2.45, 2.75) is 0 Å². The molecule has 1 aromatic rings. The van der Waals surface area contributed by atoms with Crippen LogP contribution in [0, 0.1) is 0 Å². The van der Waals surface area contributed by atoms with Gasteiger partial charge in [0, 0.05) is 0 Å². The van der Waals surface area contributed by atoms with E-state index in [0.717, 1.165) is 0 Å². The molecular weight excluding hydrogens is 134 g/mol. The van der Waals surface area contributed by atoms with Gasteiger partial charge in [0.25, 0.3) is 0 Å². The van der Waals surface area contributed by atoms with Crippen LogP contribution in [-0.4, -0.2) is 15.9 Å². The maximum absolute atomic E-state index is 10.1. The molecule has 6 nitrogen and oxygen atoms in total. The van der Waals surface area contributed by atoms with Crippen molar-refractivity contribution >= 4 is 6.03 Å². The molecule has 6 heteroatoms. The van der Waals surface area contributed by atoms with E-state index in [0.29, 0.717) is 0 Å². The summed E-state index contributed by atoms with van der Waals surface area (Å²) >= 11 is 0. The summed E-state index contributed by atoms with van der Waals surface area (Å²) in [6.07, 6.45) is 3.19. The van der Waals surface area contributed by atoms with Crippen LogP contribution in [0.15, 0.2) is 18.5 Å². The summed E-state index contributed by atoms with van der Waals surface area (Å²) in [4.78, 5) is 11.4. The van der Waals surface area contributed by atoms with Gasteiger partial charge in [0.15, 0.2) is 0 Å². The van der Waals surface area contributed by atoms with Gasteiger partial charge in [-0.15, -0.1) is 0 Å². The number of hydrazine groups is 1. The molecule has 2 amide bonds. The number of rotatable bonds is 2. The lowest BCUT2D eigenvalue weighted by Crippen LogP contribution is -2.39. The lowest BCUT2D eigenvalue weighted by atomic mass is 10.8. The van der Waals surface area contributed by atoms with Crippen LogP contribution in [0.2, 0.25) is 0 Å². The Labute approximate surface area is 56.9 Å². The van der Waals surface area contributed by atoms with Gasteiger partial charge in [-0.3, -0.25) is 0 Å². The Balaban J connectivity index is 2.35. The molecule has 0 unspecified atom stereocenters. The van der Waals surface area contributed by atoms with Crippen molar-refractivity contribution in [3.8, 4) is 0 Å².